The van der Waals surface area contributed by atoms with E-state index < -0.39 is 0 Å². The summed E-state index contributed by atoms with van der Waals surface area (Å²) in [5.41, 5.74) is 9.12. The highest BCUT2D eigenvalue weighted by molar-refractivity contribution is 7.12. The van der Waals surface area contributed by atoms with Gasteiger partial charge in [0.05, 0.1) is 12.7 Å². The van der Waals surface area contributed by atoms with Crippen LogP contribution in [0.15, 0.2) is 36.4 Å². The quantitative estimate of drug-likeness (QED) is 0.922. The fourth-order valence-electron chi connectivity index (χ4n) is 2.80. The molecule has 1 aliphatic heterocycles. The van der Waals surface area contributed by atoms with Gasteiger partial charge >= 0.3 is 0 Å². The maximum Gasteiger partial charge on any atom is 0.0846 e. The van der Waals surface area contributed by atoms with Crippen LogP contribution in [-0.4, -0.2) is 6.61 Å². The molecule has 106 valence electrons. The van der Waals surface area contributed by atoms with Gasteiger partial charge < -0.3 is 10.5 Å². The van der Waals surface area contributed by atoms with Crippen molar-refractivity contribution in [1.82, 2.24) is 0 Å². The monoisotopic (exact) mass is 287 g/mol. The van der Waals surface area contributed by atoms with E-state index in [1.165, 1.54) is 20.9 Å². The Morgan fingerprint density at radius 3 is 2.95 bits per heavy atom. The number of nitrogens with two attached hydrogens (primary N) is 1. The van der Waals surface area contributed by atoms with E-state index in [9.17, 15) is 0 Å². The molecule has 0 fully saturated rings. The molecule has 1 aromatic heterocycles. The van der Waals surface area contributed by atoms with Crippen molar-refractivity contribution in [2.75, 3.05) is 6.61 Å². The summed E-state index contributed by atoms with van der Waals surface area (Å²) in [6.45, 7) is 2.99. The maximum atomic E-state index is 6.38. The first kappa shape index (κ1) is 13.8. The number of benzene rings is 1. The van der Waals surface area contributed by atoms with E-state index in [4.69, 9.17) is 10.5 Å². The highest BCUT2D eigenvalue weighted by atomic mass is 32.1. The lowest BCUT2D eigenvalue weighted by atomic mass is 9.93. The van der Waals surface area contributed by atoms with E-state index in [1.807, 2.05) is 11.3 Å². The lowest BCUT2D eigenvalue weighted by Gasteiger charge is -2.27. The molecule has 0 radical (unpaired) electrons. The van der Waals surface area contributed by atoms with Gasteiger partial charge in [0, 0.05) is 15.8 Å². The highest BCUT2D eigenvalue weighted by Crippen LogP contribution is 2.35. The molecule has 2 nitrogen and oxygen atoms in total. The molecule has 0 aliphatic carbocycles. The van der Waals surface area contributed by atoms with Crippen molar-refractivity contribution in [1.29, 1.82) is 0 Å². The lowest BCUT2D eigenvalue weighted by molar-refractivity contribution is 0.0322. The minimum absolute atomic E-state index is 0.0662. The SMILES string of the molecule is CCc1ccc(C(N)CC2OCCc3ccccc32)s1. The maximum absolute atomic E-state index is 6.38. The predicted molar refractivity (Wildman–Crippen MR) is 84.1 cm³/mol. The smallest absolute Gasteiger partial charge is 0.0846 e. The van der Waals surface area contributed by atoms with Crippen molar-refractivity contribution in [3.05, 3.63) is 57.3 Å². The first-order chi connectivity index (χ1) is 9.78. The van der Waals surface area contributed by atoms with E-state index >= 15 is 0 Å². The summed E-state index contributed by atoms with van der Waals surface area (Å²) >= 11 is 1.83. The van der Waals surface area contributed by atoms with E-state index in [-0.39, 0.29) is 12.1 Å². The number of hydrogen-bond acceptors (Lipinski definition) is 3. The van der Waals surface area contributed by atoms with Crippen LogP contribution in [0.3, 0.4) is 0 Å². The summed E-state index contributed by atoms with van der Waals surface area (Å²) in [5.74, 6) is 0. The van der Waals surface area contributed by atoms with Crippen molar-refractivity contribution >= 4 is 11.3 Å². The molecular weight excluding hydrogens is 266 g/mol. The van der Waals surface area contributed by atoms with Crippen LogP contribution < -0.4 is 5.73 Å². The molecule has 2 unspecified atom stereocenters. The third-order valence-corrected chi connectivity index (χ3v) is 5.32. The van der Waals surface area contributed by atoms with Crippen LogP contribution in [0.1, 0.15) is 46.4 Å². The van der Waals surface area contributed by atoms with Crippen molar-refractivity contribution < 1.29 is 4.74 Å². The van der Waals surface area contributed by atoms with Crippen molar-refractivity contribution in [3.8, 4) is 0 Å². The predicted octanol–water partition coefficient (Wildman–Crippen LogP) is 4.01. The number of rotatable bonds is 4. The average molecular weight is 287 g/mol. The number of ether oxygens (including phenoxy) is 1. The largest absolute Gasteiger partial charge is 0.373 e. The summed E-state index contributed by atoms with van der Waals surface area (Å²) in [6, 6.07) is 13.0. The molecule has 1 aliphatic rings. The van der Waals surface area contributed by atoms with Gasteiger partial charge in [0.15, 0.2) is 0 Å². The van der Waals surface area contributed by atoms with Crippen molar-refractivity contribution in [2.24, 2.45) is 5.73 Å². The molecule has 0 amide bonds. The first-order valence-corrected chi connectivity index (χ1v) is 8.13. The Kier molecular flexibility index (Phi) is 4.20. The van der Waals surface area contributed by atoms with Gasteiger partial charge in [-0.2, -0.15) is 0 Å². The zero-order valence-corrected chi connectivity index (χ0v) is 12.7. The van der Waals surface area contributed by atoms with Crippen LogP contribution in [0.2, 0.25) is 0 Å². The van der Waals surface area contributed by atoms with E-state index in [1.54, 1.807) is 0 Å². The van der Waals surface area contributed by atoms with Crippen LogP contribution in [0, 0.1) is 0 Å². The second kappa shape index (κ2) is 6.08. The second-order valence-corrected chi connectivity index (χ2v) is 6.51. The molecule has 2 N–H and O–H groups in total. The Hall–Kier alpha value is -1.16. The van der Waals surface area contributed by atoms with Crippen molar-refractivity contribution in [3.63, 3.8) is 0 Å². The number of hydrogen-bond donors (Lipinski definition) is 1. The van der Waals surface area contributed by atoms with Gasteiger partial charge in [0.1, 0.15) is 0 Å². The summed E-state index contributed by atoms with van der Waals surface area (Å²) in [4.78, 5) is 2.67. The number of fused-ring (bicyclic) bond motifs is 1. The van der Waals surface area contributed by atoms with Gasteiger partial charge in [-0.1, -0.05) is 31.2 Å². The molecule has 0 saturated carbocycles. The molecule has 0 saturated heterocycles. The summed E-state index contributed by atoms with van der Waals surface area (Å²) in [5, 5.41) is 0. The fourth-order valence-corrected chi connectivity index (χ4v) is 3.77. The van der Waals surface area contributed by atoms with Crippen LogP contribution >= 0.6 is 11.3 Å². The van der Waals surface area contributed by atoms with Crippen LogP contribution in [0.25, 0.3) is 0 Å². The Labute approximate surface area is 124 Å². The Morgan fingerprint density at radius 1 is 1.30 bits per heavy atom. The first-order valence-electron chi connectivity index (χ1n) is 7.31. The Morgan fingerprint density at radius 2 is 2.15 bits per heavy atom. The lowest BCUT2D eigenvalue weighted by Crippen LogP contribution is -2.21. The highest BCUT2D eigenvalue weighted by Gasteiger charge is 2.23. The molecule has 0 spiro atoms. The topological polar surface area (TPSA) is 35.2 Å². The van der Waals surface area contributed by atoms with Gasteiger partial charge in [0.25, 0.3) is 0 Å². The molecule has 2 heterocycles. The average Bonchev–Trinajstić information content (AvgIpc) is 2.97. The minimum Gasteiger partial charge on any atom is -0.373 e. The molecule has 3 heteroatoms. The van der Waals surface area contributed by atoms with Crippen LogP contribution in [0.5, 0.6) is 0 Å². The molecule has 2 aromatic rings. The van der Waals surface area contributed by atoms with Crippen LogP contribution in [-0.2, 0) is 17.6 Å². The van der Waals surface area contributed by atoms with Gasteiger partial charge in [-0.3, -0.25) is 0 Å². The molecular formula is C17H21NOS. The molecule has 3 rings (SSSR count). The fraction of sp³-hybridized carbons (Fsp3) is 0.412. The molecule has 0 bridgehead atoms. The Bertz CT molecular complexity index is 578. The number of aryl methyl sites for hydroxylation is 1. The van der Waals surface area contributed by atoms with E-state index in [2.05, 4.69) is 43.3 Å². The zero-order valence-electron chi connectivity index (χ0n) is 11.8. The standard InChI is InChI=1S/C17H21NOS/c1-2-13-7-8-17(20-13)15(18)11-16-14-6-4-3-5-12(14)9-10-19-16/h3-8,15-16H,2,9-11,18H2,1H3. The zero-order chi connectivity index (χ0) is 13.9. The second-order valence-electron chi connectivity index (χ2n) is 5.31. The minimum atomic E-state index is 0.0662. The Balaban J connectivity index is 1.75. The third kappa shape index (κ3) is 2.80. The van der Waals surface area contributed by atoms with Gasteiger partial charge in [-0.25, -0.2) is 0 Å². The van der Waals surface area contributed by atoms with E-state index in [0.29, 0.717) is 0 Å². The summed E-state index contributed by atoms with van der Waals surface area (Å²) < 4.78 is 5.95. The number of thiophene rings is 1. The molecule has 2 atom stereocenters. The van der Waals surface area contributed by atoms with Crippen LogP contribution in [0.4, 0.5) is 0 Å². The van der Waals surface area contributed by atoms with Gasteiger partial charge in [0.2, 0.25) is 0 Å². The normalized spacial score (nSPS) is 19.6. The third-order valence-electron chi connectivity index (χ3n) is 3.96. The van der Waals surface area contributed by atoms with E-state index in [0.717, 1.165) is 25.9 Å². The van der Waals surface area contributed by atoms with Gasteiger partial charge in [-0.05, 0) is 42.5 Å². The molecule has 20 heavy (non-hydrogen) atoms. The van der Waals surface area contributed by atoms with Crippen molar-refractivity contribution in [2.45, 2.75) is 38.3 Å². The summed E-state index contributed by atoms with van der Waals surface area (Å²) in [7, 11) is 0. The summed E-state index contributed by atoms with van der Waals surface area (Å²) in [6.07, 6.45) is 3.10. The van der Waals surface area contributed by atoms with Gasteiger partial charge in [-0.15, -0.1) is 11.3 Å². The molecule has 1 aromatic carbocycles.